The molecule has 0 aliphatic rings. The van der Waals surface area contributed by atoms with Crippen molar-refractivity contribution in [1.82, 2.24) is 0 Å². The minimum atomic E-state index is -3.25. The zero-order chi connectivity index (χ0) is 18.7. The maximum Gasteiger partial charge on any atom is 0.265 e. The van der Waals surface area contributed by atoms with Gasteiger partial charge in [-0.3, -0.25) is 4.79 Å². The fraction of sp³-hybridized carbons (Fsp3) is 0.105. The summed E-state index contributed by atoms with van der Waals surface area (Å²) in [5.41, 5.74) is 1.54. The van der Waals surface area contributed by atoms with Crippen LogP contribution in [0.25, 0.3) is 10.4 Å². The van der Waals surface area contributed by atoms with E-state index < -0.39 is 9.84 Å². The lowest BCUT2D eigenvalue weighted by molar-refractivity contribution is 0.103. The van der Waals surface area contributed by atoms with E-state index in [1.54, 1.807) is 25.1 Å². The zero-order valence-corrected chi connectivity index (χ0v) is 16.3. The molecule has 0 spiro atoms. The number of hydrogen-bond acceptors (Lipinski definition) is 4. The molecule has 0 aliphatic carbocycles. The first-order chi connectivity index (χ1) is 12.4. The fourth-order valence-corrected chi connectivity index (χ4v) is 4.25. The molecule has 0 unspecified atom stereocenters. The van der Waals surface area contributed by atoms with Crippen LogP contribution in [-0.4, -0.2) is 20.1 Å². The Balaban J connectivity index is 1.73. The molecule has 1 N–H and O–H groups in total. The molecule has 0 atom stereocenters. The smallest absolute Gasteiger partial charge is 0.265 e. The van der Waals surface area contributed by atoms with E-state index in [2.05, 4.69) is 5.32 Å². The maximum atomic E-state index is 12.4. The lowest BCUT2D eigenvalue weighted by atomic mass is 10.2. The minimum absolute atomic E-state index is 0.0430. The van der Waals surface area contributed by atoms with Gasteiger partial charge in [-0.05, 0) is 54.1 Å². The van der Waals surface area contributed by atoms with Crippen molar-refractivity contribution in [3.63, 3.8) is 0 Å². The van der Waals surface area contributed by atoms with Crippen molar-refractivity contribution in [2.75, 3.05) is 11.1 Å². The van der Waals surface area contributed by atoms with Gasteiger partial charge in [0.25, 0.3) is 5.91 Å². The SMILES string of the molecule is CCS(=O)(=O)c1ccc(NC(=O)c2ccc(-c3ccc(Cl)cc3)s2)cc1. The van der Waals surface area contributed by atoms with Crippen LogP contribution < -0.4 is 5.32 Å². The molecule has 134 valence electrons. The van der Waals surface area contributed by atoms with Crippen LogP contribution in [0.4, 0.5) is 5.69 Å². The summed E-state index contributed by atoms with van der Waals surface area (Å²) >= 11 is 7.27. The summed E-state index contributed by atoms with van der Waals surface area (Å²) in [5, 5.41) is 3.45. The second-order valence-corrected chi connectivity index (χ2v) is 9.35. The van der Waals surface area contributed by atoms with Gasteiger partial charge in [0.2, 0.25) is 0 Å². The molecule has 1 aromatic heterocycles. The minimum Gasteiger partial charge on any atom is -0.321 e. The van der Waals surface area contributed by atoms with Crippen molar-refractivity contribution >= 4 is 44.4 Å². The van der Waals surface area contributed by atoms with Crippen LogP contribution in [0.3, 0.4) is 0 Å². The molecule has 0 radical (unpaired) electrons. The molecular formula is C19H16ClNO3S2. The zero-order valence-electron chi connectivity index (χ0n) is 13.9. The van der Waals surface area contributed by atoms with Crippen molar-refractivity contribution in [2.45, 2.75) is 11.8 Å². The van der Waals surface area contributed by atoms with Gasteiger partial charge in [0.1, 0.15) is 0 Å². The third-order valence-corrected chi connectivity index (χ3v) is 6.95. The number of carbonyl (C=O) groups is 1. The molecule has 0 aliphatic heterocycles. The first-order valence-electron chi connectivity index (χ1n) is 7.89. The van der Waals surface area contributed by atoms with Gasteiger partial charge in [-0.15, -0.1) is 11.3 Å². The number of rotatable bonds is 5. The largest absolute Gasteiger partial charge is 0.321 e. The summed E-state index contributed by atoms with van der Waals surface area (Å²) in [7, 11) is -3.25. The predicted molar refractivity (Wildman–Crippen MR) is 107 cm³/mol. The number of sulfone groups is 1. The van der Waals surface area contributed by atoms with Gasteiger partial charge in [-0.25, -0.2) is 8.42 Å². The second kappa shape index (κ2) is 7.61. The van der Waals surface area contributed by atoms with E-state index in [1.807, 2.05) is 30.3 Å². The Morgan fingerprint density at radius 1 is 1.00 bits per heavy atom. The van der Waals surface area contributed by atoms with Gasteiger partial charge < -0.3 is 5.32 Å². The van der Waals surface area contributed by atoms with E-state index in [1.165, 1.54) is 23.5 Å². The summed E-state index contributed by atoms with van der Waals surface area (Å²) < 4.78 is 23.6. The van der Waals surface area contributed by atoms with E-state index in [-0.39, 0.29) is 16.6 Å². The standard InChI is InChI=1S/C19H16ClNO3S2/c1-2-26(23,24)16-9-7-15(8-10-16)21-19(22)18-12-11-17(25-18)13-3-5-14(20)6-4-13/h3-12H,2H2,1H3,(H,21,22). The fourth-order valence-electron chi connectivity index (χ4n) is 2.33. The van der Waals surface area contributed by atoms with Crippen molar-refractivity contribution in [2.24, 2.45) is 0 Å². The van der Waals surface area contributed by atoms with Gasteiger partial charge in [0.15, 0.2) is 9.84 Å². The van der Waals surface area contributed by atoms with Crippen molar-refractivity contribution in [3.05, 3.63) is 70.6 Å². The van der Waals surface area contributed by atoms with Crippen LogP contribution in [0.15, 0.2) is 65.6 Å². The van der Waals surface area contributed by atoms with Gasteiger partial charge >= 0.3 is 0 Å². The number of hydrogen-bond donors (Lipinski definition) is 1. The molecule has 26 heavy (non-hydrogen) atoms. The first-order valence-corrected chi connectivity index (χ1v) is 10.7. The molecule has 0 bridgehead atoms. The normalized spacial score (nSPS) is 11.3. The average molecular weight is 406 g/mol. The summed E-state index contributed by atoms with van der Waals surface area (Å²) in [4.78, 5) is 14.2. The second-order valence-electron chi connectivity index (χ2n) is 5.55. The highest BCUT2D eigenvalue weighted by molar-refractivity contribution is 7.91. The molecule has 3 aromatic rings. The van der Waals surface area contributed by atoms with E-state index in [9.17, 15) is 13.2 Å². The highest BCUT2D eigenvalue weighted by Gasteiger charge is 2.13. The Kier molecular flexibility index (Phi) is 5.46. The highest BCUT2D eigenvalue weighted by atomic mass is 35.5. The monoisotopic (exact) mass is 405 g/mol. The van der Waals surface area contributed by atoms with Crippen molar-refractivity contribution < 1.29 is 13.2 Å². The van der Waals surface area contributed by atoms with Crippen molar-refractivity contribution in [3.8, 4) is 10.4 Å². The number of carbonyl (C=O) groups excluding carboxylic acids is 1. The number of thiophene rings is 1. The molecule has 0 saturated heterocycles. The molecule has 7 heteroatoms. The third-order valence-electron chi connectivity index (χ3n) is 3.81. The van der Waals surface area contributed by atoms with Crippen LogP contribution in [0.1, 0.15) is 16.6 Å². The number of amides is 1. The molecular weight excluding hydrogens is 390 g/mol. The summed E-state index contributed by atoms with van der Waals surface area (Å²) in [6.45, 7) is 1.60. The Bertz CT molecular complexity index is 1020. The van der Waals surface area contributed by atoms with Crippen LogP contribution in [0.2, 0.25) is 5.02 Å². The van der Waals surface area contributed by atoms with Crippen LogP contribution >= 0.6 is 22.9 Å². The van der Waals surface area contributed by atoms with Crippen molar-refractivity contribution in [1.29, 1.82) is 0 Å². The summed E-state index contributed by atoms with van der Waals surface area (Å²) in [6.07, 6.45) is 0. The lowest BCUT2D eigenvalue weighted by Gasteiger charge is -2.05. The number of benzene rings is 2. The van der Waals surface area contributed by atoms with Crippen LogP contribution in [0, 0.1) is 0 Å². The van der Waals surface area contributed by atoms with E-state index >= 15 is 0 Å². The number of anilines is 1. The lowest BCUT2D eigenvalue weighted by Crippen LogP contribution is -2.10. The average Bonchev–Trinajstić information content (AvgIpc) is 3.13. The molecule has 4 nitrogen and oxygen atoms in total. The molecule has 2 aromatic carbocycles. The van der Waals surface area contributed by atoms with Gasteiger partial charge in [0, 0.05) is 15.6 Å². The number of nitrogens with one attached hydrogen (secondary N) is 1. The Morgan fingerprint density at radius 3 is 2.27 bits per heavy atom. The highest BCUT2D eigenvalue weighted by Crippen LogP contribution is 2.29. The Hall–Kier alpha value is -2.15. The van der Waals surface area contributed by atoms with E-state index in [4.69, 9.17) is 11.6 Å². The Labute approximate surface area is 161 Å². The van der Waals surface area contributed by atoms with Gasteiger partial charge in [-0.2, -0.15) is 0 Å². The quantitative estimate of drug-likeness (QED) is 0.641. The molecule has 1 amide bonds. The third kappa shape index (κ3) is 4.15. The first kappa shape index (κ1) is 18.6. The maximum absolute atomic E-state index is 12.4. The summed E-state index contributed by atoms with van der Waals surface area (Å²) in [5.74, 6) is -0.192. The van der Waals surface area contributed by atoms with E-state index in [0.717, 1.165) is 10.4 Å². The topological polar surface area (TPSA) is 63.2 Å². The predicted octanol–water partition coefficient (Wildman–Crippen LogP) is 5.11. The van der Waals surface area contributed by atoms with Crippen LogP contribution in [-0.2, 0) is 9.84 Å². The summed E-state index contributed by atoms with van der Waals surface area (Å²) in [6, 6.07) is 17.3. The van der Waals surface area contributed by atoms with Gasteiger partial charge in [0.05, 0.1) is 15.5 Å². The van der Waals surface area contributed by atoms with E-state index in [0.29, 0.717) is 15.6 Å². The molecule has 0 saturated carbocycles. The number of halogens is 1. The molecule has 3 rings (SSSR count). The van der Waals surface area contributed by atoms with Gasteiger partial charge in [-0.1, -0.05) is 30.7 Å². The van der Waals surface area contributed by atoms with Crippen LogP contribution in [0.5, 0.6) is 0 Å². The molecule has 1 heterocycles. The Morgan fingerprint density at radius 2 is 1.65 bits per heavy atom. The molecule has 0 fully saturated rings.